The highest BCUT2D eigenvalue weighted by Crippen LogP contribution is 2.37. The summed E-state index contributed by atoms with van der Waals surface area (Å²) in [5, 5.41) is 0.356. The average molecular weight is 372 g/mol. The summed E-state index contributed by atoms with van der Waals surface area (Å²) in [6.07, 6.45) is 1.75. The van der Waals surface area contributed by atoms with Gasteiger partial charge in [-0.2, -0.15) is 4.31 Å². The van der Waals surface area contributed by atoms with Gasteiger partial charge in [-0.1, -0.05) is 41.7 Å². The van der Waals surface area contributed by atoms with Gasteiger partial charge in [-0.25, -0.2) is 8.42 Å². The average Bonchev–Trinajstić information content (AvgIpc) is 2.36. The Kier molecular flexibility index (Phi) is 5.45. The first kappa shape index (κ1) is 17.3. The lowest BCUT2D eigenvalue weighted by atomic mass is 9.93. The predicted molar refractivity (Wildman–Crippen MR) is 86.6 cm³/mol. The number of piperidine rings is 1. The van der Waals surface area contributed by atoms with Crippen molar-refractivity contribution < 1.29 is 8.42 Å². The third kappa shape index (κ3) is 3.33. The predicted octanol–water partition coefficient (Wildman–Crippen LogP) is 3.39. The Morgan fingerprint density at radius 1 is 1.29 bits per heavy atom. The molecule has 0 radical (unpaired) electrons. The molecule has 118 valence electrons. The van der Waals surface area contributed by atoms with Crippen LogP contribution in [-0.4, -0.2) is 31.9 Å². The summed E-state index contributed by atoms with van der Waals surface area (Å²) in [5.74, 6) is 0.198. The molecule has 8 heteroatoms. The van der Waals surface area contributed by atoms with Crippen molar-refractivity contribution in [3.05, 3.63) is 27.2 Å². The van der Waals surface area contributed by atoms with Gasteiger partial charge in [0, 0.05) is 24.2 Å². The first-order valence-corrected chi connectivity index (χ1v) is 9.23. The van der Waals surface area contributed by atoms with Crippen LogP contribution in [0.15, 0.2) is 17.0 Å². The number of hydrogen-bond donors (Lipinski definition) is 1. The Balaban J connectivity index is 2.51. The molecule has 1 saturated heterocycles. The molecule has 1 fully saturated rings. The third-order valence-corrected chi connectivity index (χ3v) is 6.90. The number of halogens is 3. The van der Waals surface area contributed by atoms with Crippen LogP contribution < -0.4 is 5.73 Å². The maximum atomic E-state index is 12.9. The molecular weight excluding hydrogens is 355 g/mol. The van der Waals surface area contributed by atoms with Gasteiger partial charge in [0.1, 0.15) is 4.90 Å². The lowest BCUT2D eigenvalue weighted by Gasteiger charge is -2.38. The smallest absolute Gasteiger partial charge is 0.246 e. The molecule has 1 heterocycles. The van der Waals surface area contributed by atoms with Crippen molar-refractivity contribution in [2.24, 2.45) is 11.7 Å². The van der Waals surface area contributed by atoms with Gasteiger partial charge in [-0.05, 0) is 30.9 Å². The molecule has 2 unspecified atom stereocenters. The lowest BCUT2D eigenvalue weighted by Crippen LogP contribution is -2.51. The monoisotopic (exact) mass is 370 g/mol. The summed E-state index contributed by atoms with van der Waals surface area (Å²) in [4.78, 5) is -0.0946. The molecule has 2 N–H and O–H groups in total. The van der Waals surface area contributed by atoms with E-state index in [9.17, 15) is 8.42 Å². The molecule has 2 atom stereocenters. The van der Waals surface area contributed by atoms with E-state index in [-0.39, 0.29) is 33.4 Å². The zero-order valence-corrected chi connectivity index (χ0v) is 14.6. The minimum atomic E-state index is -3.80. The van der Waals surface area contributed by atoms with Crippen molar-refractivity contribution in [3.63, 3.8) is 0 Å². The molecule has 0 aliphatic carbocycles. The van der Waals surface area contributed by atoms with Crippen LogP contribution in [0.3, 0.4) is 0 Å². The van der Waals surface area contributed by atoms with Gasteiger partial charge in [0.05, 0.1) is 10.0 Å². The van der Waals surface area contributed by atoms with Gasteiger partial charge < -0.3 is 5.73 Å². The first-order valence-electron chi connectivity index (χ1n) is 6.65. The molecule has 0 aromatic heterocycles. The number of sulfonamides is 1. The number of rotatable bonds is 3. The van der Waals surface area contributed by atoms with E-state index in [1.807, 2.05) is 6.92 Å². The van der Waals surface area contributed by atoms with Crippen molar-refractivity contribution in [2.45, 2.75) is 30.7 Å². The highest BCUT2D eigenvalue weighted by atomic mass is 35.5. The van der Waals surface area contributed by atoms with Crippen LogP contribution in [0.5, 0.6) is 0 Å². The zero-order valence-electron chi connectivity index (χ0n) is 11.5. The maximum Gasteiger partial charge on any atom is 0.246 e. The van der Waals surface area contributed by atoms with E-state index in [1.54, 1.807) is 0 Å². The summed E-state index contributed by atoms with van der Waals surface area (Å²) in [7, 11) is -3.80. The Hall–Kier alpha value is -0.0400. The summed E-state index contributed by atoms with van der Waals surface area (Å²) in [6, 6.07) is 2.52. The normalized spacial score (nSPS) is 24.2. The van der Waals surface area contributed by atoms with E-state index in [0.717, 1.165) is 12.8 Å². The van der Waals surface area contributed by atoms with Gasteiger partial charge in [0.25, 0.3) is 0 Å². The van der Waals surface area contributed by atoms with Crippen molar-refractivity contribution in [1.82, 2.24) is 4.31 Å². The van der Waals surface area contributed by atoms with Crippen molar-refractivity contribution in [3.8, 4) is 0 Å². The summed E-state index contributed by atoms with van der Waals surface area (Å²) in [6.45, 7) is 2.69. The topological polar surface area (TPSA) is 63.4 Å². The fourth-order valence-corrected chi connectivity index (χ4v) is 6.02. The SMILES string of the molecule is CC1CCCN(S(=O)(=O)c2c(Cl)cc(Cl)cc2Cl)C1CN. The summed E-state index contributed by atoms with van der Waals surface area (Å²) in [5.41, 5.74) is 5.77. The second-order valence-electron chi connectivity index (χ2n) is 5.24. The van der Waals surface area contributed by atoms with Crippen molar-refractivity contribution >= 4 is 44.8 Å². The zero-order chi connectivity index (χ0) is 15.8. The van der Waals surface area contributed by atoms with Crippen LogP contribution in [0, 0.1) is 5.92 Å². The Bertz CT molecular complexity index is 613. The lowest BCUT2D eigenvalue weighted by molar-refractivity contribution is 0.192. The number of benzene rings is 1. The molecule has 1 aliphatic rings. The second-order valence-corrected chi connectivity index (χ2v) is 8.32. The van der Waals surface area contributed by atoms with E-state index >= 15 is 0 Å². The standard InChI is InChI=1S/C13H17Cl3N2O2S/c1-8-3-2-4-18(12(8)7-17)21(19,20)13-10(15)5-9(14)6-11(13)16/h5-6,8,12H,2-4,7,17H2,1H3. The van der Waals surface area contributed by atoms with E-state index < -0.39 is 10.0 Å². The van der Waals surface area contributed by atoms with E-state index in [1.165, 1.54) is 16.4 Å². The number of nitrogens with two attached hydrogens (primary N) is 1. The van der Waals surface area contributed by atoms with Crippen molar-refractivity contribution in [2.75, 3.05) is 13.1 Å². The molecule has 0 spiro atoms. The fraction of sp³-hybridized carbons (Fsp3) is 0.538. The molecule has 0 bridgehead atoms. The van der Waals surface area contributed by atoms with Crippen LogP contribution in [0.25, 0.3) is 0 Å². The molecule has 21 heavy (non-hydrogen) atoms. The highest BCUT2D eigenvalue weighted by molar-refractivity contribution is 7.89. The summed E-state index contributed by atoms with van der Waals surface area (Å²) < 4.78 is 27.2. The molecule has 1 aromatic carbocycles. The molecular formula is C13H17Cl3N2O2S. The van der Waals surface area contributed by atoms with E-state index in [2.05, 4.69) is 0 Å². The molecule has 1 aliphatic heterocycles. The molecule has 2 rings (SSSR count). The van der Waals surface area contributed by atoms with Crippen LogP contribution in [-0.2, 0) is 10.0 Å². The number of hydrogen-bond acceptors (Lipinski definition) is 3. The van der Waals surface area contributed by atoms with Crippen LogP contribution in [0.1, 0.15) is 19.8 Å². The van der Waals surface area contributed by atoms with Gasteiger partial charge in [0.2, 0.25) is 10.0 Å². The van der Waals surface area contributed by atoms with Gasteiger partial charge in [-0.15, -0.1) is 0 Å². The van der Waals surface area contributed by atoms with Gasteiger partial charge >= 0.3 is 0 Å². The summed E-state index contributed by atoms with van der Waals surface area (Å²) >= 11 is 18.0. The van der Waals surface area contributed by atoms with Crippen molar-refractivity contribution in [1.29, 1.82) is 0 Å². The third-order valence-electron chi connectivity index (χ3n) is 3.84. The Morgan fingerprint density at radius 2 is 1.86 bits per heavy atom. The molecule has 1 aromatic rings. The molecule has 4 nitrogen and oxygen atoms in total. The largest absolute Gasteiger partial charge is 0.329 e. The quantitative estimate of drug-likeness (QED) is 0.885. The fourth-order valence-electron chi connectivity index (χ4n) is 2.75. The first-order chi connectivity index (χ1) is 9.78. The van der Waals surface area contributed by atoms with Gasteiger partial charge in [-0.3, -0.25) is 0 Å². The van der Waals surface area contributed by atoms with Crippen LogP contribution in [0.2, 0.25) is 15.1 Å². The minimum absolute atomic E-state index is 0.0292. The van der Waals surface area contributed by atoms with E-state index in [4.69, 9.17) is 40.5 Å². The Labute approximate surface area is 140 Å². The van der Waals surface area contributed by atoms with Crippen LogP contribution >= 0.6 is 34.8 Å². The molecule has 0 amide bonds. The van der Waals surface area contributed by atoms with E-state index in [0.29, 0.717) is 11.6 Å². The van der Waals surface area contributed by atoms with Crippen LogP contribution in [0.4, 0.5) is 0 Å². The number of nitrogens with zero attached hydrogens (tertiary/aromatic N) is 1. The minimum Gasteiger partial charge on any atom is -0.329 e. The molecule has 0 saturated carbocycles. The maximum absolute atomic E-state index is 12.9. The highest BCUT2D eigenvalue weighted by Gasteiger charge is 2.38. The van der Waals surface area contributed by atoms with Gasteiger partial charge in [0.15, 0.2) is 0 Å². The second kappa shape index (κ2) is 6.60. The Morgan fingerprint density at radius 3 is 2.38 bits per heavy atom.